The Balaban J connectivity index is 2.02. The van der Waals surface area contributed by atoms with E-state index in [2.05, 4.69) is 40.5 Å². The summed E-state index contributed by atoms with van der Waals surface area (Å²) in [4.78, 5) is 4.49. The van der Waals surface area contributed by atoms with E-state index in [1.165, 1.54) is 0 Å². The van der Waals surface area contributed by atoms with Crippen LogP contribution in [0.4, 0.5) is 0 Å². The number of para-hydroxylation sites is 1. The van der Waals surface area contributed by atoms with Gasteiger partial charge in [-0.15, -0.1) is 0 Å². The van der Waals surface area contributed by atoms with Gasteiger partial charge in [-0.05, 0) is 32.2 Å². The fourth-order valence-electron chi connectivity index (χ4n) is 2.10. The predicted octanol–water partition coefficient (Wildman–Crippen LogP) is 2.70. The van der Waals surface area contributed by atoms with Gasteiger partial charge in [0.1, 0.15) is 0 Å². The highest BCUT2D eigenvalue weighted by atomic mass is 15.3. The number of pyridine rings is 1. The summed E-state index contributed by atoms with van der Waals surface area (Å²) in [7, 11) is 1.93. The van der Waals surface area contributed by atoms with Gasteiger partial charge in [-0.1, -0.05) is 18.2 Å². The fourth-order valence-corrected chi connectivity index (χ4v) is 2.10. The maximum Gasteiger partial charge on any atom is 0.0836 e. The molecule has 1 aromatic carbocycles. The second-order valence-electron chi connectivity index (χ2n) is 4.57. The molecule has 0 saturated carbocycles. The standard InChI is InChI=1S/C15H16N4/c1-11(16-2)14-8-7-13(10-17-14)19-15-6-4-3-5-12(15)9-18-19/h3-11,16H,1-2H3. The van der Waals surface area contributed by atoms with Crippen LogP contribution in [0.2, 0.25) is 0 Å². The van der Waals surface area contributed by atoms with Crippen molar-refractivity contribution in [2.75, 3.05) is 7.05 Å². The number of aromatic nitrogens is 3. The van der Waals surface area contributed by atoms with Gasteiger partial charge in [-0.25, -0.2) is 4.68 Å². The Morgan fingerprint density at radius 1 is 1.11 bits per heavy atom. The number of nitrogens with one attached hydrogen (secondary N) is 1. The van der Waals surface area contributed by atoms with Crippen molar-refractivity contribution in [1.82, 2.24) is 20.1 Å². The fraction of sp³-hybridized carbons (Fsp3) is 0.200. The van der Waals surface area contributed by atoms with Gasteiger partial charge in [-0.2, -0.15) is 5.10 Å². The molecule has 0 aliphatic heterocycles. The molecule has 1 N–H and O–H groups in total. The van der Waals surface area contributed by atoms with Crippen molar-refractivity contribution >= 4 is 10.9 Å². The average Bonchev–Trinajstić information content (AvgIpc) is 2.90. The van der Waals surface area contributed by atoms with Gasteiger partial charge in [0.05, 0.1) is 29.3 Å². The number of fused-ring (bicyclic) bond motifs is 1. The van der Waals surface area contributed by atoms with E-state index >= 15 is 0 Å². The van der Waals surface area contributed by atoms with Gasteiger partial charge in [0, 0.05) is 11.4 Å². The number of hydrogen-bond donors (Lipinski definition) is 1. The molecule has 0 amide bonds. The molecule has 96 valence electrons. The second kappa shape index (κ2) is 4.82. The summed E-state index contributed by atoms with van der Waals surface area (Å²) in [6.45, 7) is 2.09. The quantitative estimate of drug-likeness (QED) is 0.779. The highest BCUT2D eigenvalue weighted by Crippen LogP contribution is 2.18. The van der Waals surface area contributed by atoms with Gasteiger partial charge < -0.3 is 5.32 Å². The van der Waals surface area contributed by atoms with Gasteiger partial charge in [0.25, 0.3) is 0 Å². The maximum absolute atomic E-state index is 4.49. The first-order chi connectivity index (χ1) is 9.29. The Bertz CT molecular complexity index is 685. The summed E-state index contributed by atoms with van der Waals surface area (Å²) in [5, 5.41) is 8.74. The van der Waals surface area contributed by atoms with Crippen molar-refractivity contribution < 1.29 is 0 Å². The van der Waals surface area contributed by atoms with E-state index in [9.17, 15) is 0 Å². The zero-order chi connectivity index (χ0) is 13.2. The SMILES string of the molecule is CNC(C)c1ccc(-n2ncc3ccccc32)cn1. The van der Waals surface area contributed by atoms with E-state index in [1.807, 2.05) is 42.3 Å². The maximum atomic E-state index is 4.49. The number of rotatable bonds is 3. The van der Waals surface area contributed by atoms with E-state index < -0.39 is 0 Å². The van der Waals surface area contributed by atoms with E-state index in [1.54, 1.807) is 0 Å². The summed E-state index contributed by atoms with van der Waals surface area (Å²) in [5.74, 6) is 0. The highest BCUT2D eigenvalue weighted by Gasteiger charge is 2.07. The van der Waals surface area contributed by atoms with Crippen molar-refractivity contribution in [3.63, 3.8) is 0 Å². The minimum absolute atomic E-state index is 0.253. The first kappa shape index (κ1) is 11.9. The van der Waals surface area contributed by atoms with Crippen LogP contribution in [0.5, 0.6) is 0 Å². The van der Waals surface area contributed by atoms with Crippen LogP contribution in [0, 0.1) is 0 Å². The Kier molecular flexibility index (Phi) is 3.01. The highest BCUT2D eigenvalue weighted by molar-refractivity contribution is 5.79. The Labute approximate surface area is 112 Å². The van der Waals surface area contributed by atoms with Crippen molar-refractivity contribution in [1.29, 1.82) is 0 Å². The summed E-state index contributed by atoms with van der Waals surface area (Å²) in [6, 6.07) is 12.5. The molecule has 0 bridgehead atoms. The van der Waals surface area contributed by atoms with E-state index in [0.717, 1.165) is 22.3 Å². The van der Waals surface area contributed by atoms with E-state index in [4.69, 9.17) is 0 Å². The summed E-state index contributed by atoms with van der Waals surface area (Å²) < 4.78 is 1.91. The van der Waals surface area contributed by atoms with Crippen LogP contribution in [0.25, 0.3) is 16.6 Å². The van der Waals surface area contributed by atoms with Crippen molar-refractivity contribution in [3.8, 4) is 5.69 Å². The molecule has 4 heteroatoms. The van der Waals surface area contributed by atoms with Gasteiger partial charge in [0.2, 0.25) is 0 Å². The van der Waals surface area contributed by atoms with Crippen LogP contribution in [-0.4, -0.2) is 21.8 Å². The lowest BCUT2D eigenvalue weighted by Gasteiger charge is -2.10. The lowest BCUT2D eigenvalue weighted by molar-refractivity contribution is 0.632. The molecule has 0 fully saturated rings. The van der Waals surface area contributed by atoms with E-state index in [0.29, 0.717) is 0 Å². The smallest absolute Gasteiger partial charge is 0.0836 e. The summed E-state index contributed by atoms with van der Waals surface area (Å²) >= 11 is 0. The van der Waals surface area contributed by atoms with E-state index in [-0.39, 0.29) is 6.04 Å². The molecule has 0 aliphatic rings. The molecule has 1 atom stereocenters. The minimum Gasteiger partial charge on any atom is -0.312 e. The summed E-state index contributed by atoms with van der Waals surface area (Å²) in [5.41, 5.74) is 3.11. The Morgan fingerprint density at radius 2 is 1.95 bits per heavy atom. The normalized spacial score (nSPS) is 12.7. The van der Waals surface area contributed by atoms with Crippen LogP contribution in [0.1, 0.15) is 18.7 Å². The number of benzene rings is 1. The molecule has 1 unspecified atom stereocenters. The van der Waals surface area contributed by atoms with Crippen LogP contribution in [0.15, 0.2) is 48.8 Å². The Morgan fingerprint density at radius 3 is 2.68 bits per heavy atom. The number of nitrogens with zero attached hydrogens (tertiary/aromatic N) is 3. The third-order valence-corrected chi connectivity index (χ3v) is 3.37. The monoisotopic (exact) mass is 252 g/mol. The average molecular weight is 252 g/mol. The van der Waals surface area contributed by atoms with Crippen LogP contribution in [0.3, 0.4) is 0 Å². The molecule has 2 heterocycles. The van der Waals surface area contributed by atoms with Crippen LogP contribution < -0.4 is 5.32 Å². The first-order valence-corrected chi connectivity index (χ1v) is 6.36. The molecule has 0 saturated heterocycles. The van der Waals surface area contributed by atoms with Crippen molar-refractivity contribution in [3.05, 3.63) is 54.5 Å². The lowest BCUT2D eigenvalue weighted by atomic mass is 10.2. The minimum atomic E-state index is 0.253. The molecule has 0 radical (unpaired) electrons. The molecule has 3 aromatic rings. The molecule has 19 heavy (non-hydrogen) atoms. The Hall–Kier alpha value is -2.20. The molecule has 4 nitrogen and oxygen atoms in total. The molecule has 2 aromatic heterocycles. The summed E-state index contributed by atoms with van der Waals surface area (Å²) in [6.07, 6.45) is 3.74. The second-order valence-corrected chi connectivity index (χ2v) is 4.57. The molecular formula is C15H16N4. The molecule has 0 aliphatic carbocycles. The van der Waals surface area contributed by atoms with Gasteiger partial charge in [0.15, 0.2) is 0 Å². The molecule has 3 rings (SSSR count). The molecular weight excluding hydrogens is 236 g/mol. The van der Waals surface area contributed by atoms with Gasteiger partial charge >= 0.3 is 0 Å². The van der Waals surface area contributed by atoms with Gasteiger partial charge in [-0.3, -0.25) is 4.98 Å². The third-order valence-electron chi connectivity index (χ3n) is 3.37. The van der Waals surface area contributed by atoms with Crippen molar-refractivity contribution in [2.24, 2.45) is 0 Å². The molecule has 0 spiro atoms. The topological polar surface area (TPSA) is 42.7 Å². The largest absolute Gasteiger partial charge is 0.312 e. The zero-order valence-electron chi connectivity index (χ0n) is 11.0. The lowest BCUT2D eigenvalue weighted by Crippen LogP contribution is -2.13. The first-order valence-electron chi connectivity index (χ1n) is 6.36. The zero-order valence-corrected chi connectivity index (χ0v) is 11.0. The van der Waals surface area contributed by atoms with Crippen molar-refractivity contribution in [2.45, 2.75) is 13.0 Å². The van der Waals surface area contributed by atoms with Crippen LogP contribution >= 0.6 is 0 Å². The van der Waals surface area contributed by atoms with Crippen LogP contribution in [-0.2, 0) is 0 Å². The predicted molar refractivity (Wildman–Crippen MR) is 76.3 cm³/mol. The number of hydrogen-bond acceptors (Lipinski definition) is 3. The third kappa shape index (κ3) is 2.11.